The van der Waals surface area contributed by atoms with Crippen LogP contribution in [-0.2, 0) is 10.3 Å². The zero-order valence-electron chi connectivity index (χ0n) is 12.2. The molecule has 1 saturated carbocycles. The van der Waals surface area contributed by atoms with Gasteiger partial charge in [-0.05, 0) is 18.4 Å². The van der Waals surface area contributed by atoms with Crippen molar-refractivity contribution < 1.29 is 9.90 Å². The Balaban J connectivity index is 1.67. The normalized spacial score (nSPS) is 23.7. The zero-order chi connectivity index (χ0) is 14.9. The van der Waals surface area contributed by atoms with Crippen molar-refractivity contribution >= 4 is 5.97 Å². The number of hydrogen-bond acceptors (Lipinski definition) is 4. The Kier molecular flexibility index (Phi) is 3.97. The summed E-state index contributed by atoms with van der Waals surface area (Å²) in [6.45, 7) is 4.21. The highest BCUT2D eigenvalue weighted by atomic mass is 16.4. The molecule has 1 atom stereocenters. The molecule has 0 spiro atoms. The van der Waals surface area contributed by atoms with Crippen molar-refractivity contribution in [3.8, 4) is 0 Å². The van der Waals surface area contributed by atoms with Crippen molar-refractivity contribution in [3.05, 3.63) is 35.9 Å². The summed E-state index contributed by atoms with van der Waals surface area (Å²) in [4.78, 5) is 16.4. The Morgan fingerprint density at radius 1 is 1.19 bits per heavy atom. The van der Waals surface area contributed by atoms with Crippen molar-refractivity contribution in [1.29, 1.82) is 0 Å². The van der Waals surface area contributed by atoms with Crippen LogP contribution < -0.4 is 5.73 Å². The maximum absolute atomic E-state index is 11.7. The number of rotatable bonds is 5. The molecular weight excluding hydrogens is 266 g/mol. The lowest BCUT2D eigenvalue weighted by Gasteiger charge is -2.38. The summed E-state index contributed by atoms with van der Waals surface area (Å²) in [7, 11) is 0. The maximum Gasteiger partial charge on any atom is 0.329 e. The zero-order valence-corrected chi connectivity index (χ0v) is 12.2. The first-order valence-corrected chi connectivity index (χ1v) is 7.64. The fraction of sp³-hybridized carbons (Fsp3) is 0.562. The number of carbonyl (C=O) groups is 1. The highest BCUT2D eigenvalue weighted by molar-refractivity contribution is 5.80. The number of piperazine rings is 1. The minimum absolute atomic E-state index is 0.366. The van der Waals surface area contributed by atoms with E-state index in [4.69, 9.17) is 5.73 Å². The Hall–Kier alpha value is -1.43. The first-order valence-electron chi connectivity index (χ1n) is 7.64. The van der Waals surface area contributed by atoms with Crippen LogP contribution in [0.2, 0.25) is 0 Å². The second-order valence-corrected chi connectivity index (χ2v) is 6.19. The smallest absolute Gasteiger partial charge is 0.329 e. The number of nitrogens with two attached hydrogens (primary N) is 1. The number of carboxylic acid groups (broad SMARTS) is 1. The van der Waals surface area contributed by atoms with E-state index < -0.39 is 11.5 Å². The van der Waals surface area contributed by atoms with Crippen molar-refractivity contribution in [3.63, 3.8) is 0 Å². The van der Waals surface area contributed by atoms with E-state index >= 15 is 0 Å². The number of nitrogens with zero attached hydrogens (tertiary/aromatic N) is 2. The van der Waals surface area contributed by atoms with Crippen LogP contribution in [0.25, 0.3) is 0 Å². The molecule has 1 aromatic carbocycles. The van der Waals surface area contributed by atoms with Gasteiger partial charge < -0.3 is 10.8 Å². The molecule has 3 rings (SSSR count). The third-order valence-corrected chi connectivity index (χ3v) is 4.61. The third-order valence-electron chi connectivity index (χ3n) is 4.61. The molecule has 5 heteroatoms. The number of hydrogen-bond donors (Lipinski definition) is 2. The Bertz CT molecular complexity index is 496. The first kappa shape index (κ1) is 14.5. The van der Waals surface area contributed by atoms with Gasteiger partial charge in [-0.15, -0.1) is 0 Å². The van der Waals surface area contributed by atoms with Gasteiger partial charge in [-0.25, -0.2) is 4.79 Å². The van der Waals surface area contributed by atoms with Crippen LogP contribution in [0.5, 0.6) is 0 Å². The number of aliphatic carboxylic acids is 1. The summed E-state index contributed by atoms with van der Waals surface area (Å²) >= 11 is 0. The fourth-order valence-corrected chi connectivity index (χ4v) is 3.10. The molecule has 0 radical (unpaired) electrons. The lowest BCUT2D eigenvalue weighted by Crippen LogP contribution is -2.57. The molecule has 1 unspecified atom stereocenters. The summed E-state index contributed by atoms with van der Waals surface area (Å²) in [6, 6.07) is 9.93. The molecule has 1 heterocycles. The first-order chi connectivity index (χ1) is 10.1. The molecule has 2 fully saturated rings. The average Bonchev–Trinajstić information content (AvgIpc) is 3.33. The molecule has 0 bridgehead atoms. The van der Waals surface area contributed by atoms with Crippen LogP contribution in [0.15, 0.2) is 30.3 Å². The monoisotopic (exact) mass is 289 g/mol. The molecule has 2 aliphatic rings. The topological polar surface area (TPSA) is 69.8 Å². The van der Waals surface area contributed by atoms with Crippen LogP contribution in [0.4, 0.5) is 0 Å². The molecule has 1 aliphatic heterocycles. The third kappa shape index (κ3) is 3.10. The van der Waals surface area contributed by atoms with Crippen LogP contribution in [0.3, 0.4) is 0 Å². The molecule has 1 saturated heterocycles. The number of carboxylic acids is 1. The SMILES string of the molecule is NC(CN1CCN(C2CC2)CC1)(C(=O)O)c1ccccc1. The molecule has 3 N–H and O–H groups in total. The summed E-state index contributed by atoms with van der Waals surface area (Å²) in [5.41, 5.74) is 5.58. The second kappa shape index (κ2) is 5.75. The molecule has 1 aromatic rings. The van der Waals surface area contributed by atoms with Crippen LogP contribution in [-0.4, -0.2) is 59.6 Å². The molecule has 1 aliphatic carbocycles. The molecule has 5 nitrogen and oxygen atoms in total. The molecular formula is C16H23N3O2. The largest absolute Gasteiger partial charge is 0.480 e. The summed E-state index contributed by atoms with van der Waals surface area (Å²) in [5, 5.41) is 9.60. The van der Waals surface area contributed by atoms with E-state index in [1.807, 2.05) is 18.2 Å². The van der Waals surface area contributed by atoms with Gasteiger partial charge in [0.25, 0.3) is 0 Å². The van der Waals surface area contributed by atoms with E-state index in [-0.39, 0.29) is 0 Å². The van der Waals surface area contributed by atoms with Gasteiger partial charge in [-0.2, -0.15) is 0 Å². The van der Waals surface area contributed by atoms with Gasteiger partial charge in [-0.1, -0.05) is 30.3 Å². The standard InChI is InChI=1S/C16H23N3O2/c17-16(15(20)21,13-4-2-1-3-5-13)12-18-8-10-19(11-9-18)14-6-7-14/h1-5,14H,6-12,17H2,(H,20,21). The molecule has 21 heavy (non-hydrogen) atoms. The predicted octanol–water partition coefficient (Wildman–Crippen LogP) is 0.705. The van der Waals surface area contributed by atoms with Crippen molar-refractivity contribution in [2.75, 3.05) is 32.7 Å². The average molecular weight is 289 g/mol. The molecule has 0 amide bonds. The molecule has 114 valence electrons. The molecule has 0 aromatic heterocycles. The van der Waals surface area contributed by atoms with Gasteiger partial charge in [0.05, 0.1) is 0 Å². The van der Waals surface area contributed by atoms with E-state index in [0.29, 0.717) is 12.1 Å². The predicted molar refractivity (Wildman–Crippen MR) is 81.0 cm³/mol. The van der Waals surface area contributed by atoms with E-state index in [1.165, 1.54) is 12.8 Å². The Labute approximate surface area is 125 Å². The second-order valence-electron chi connectivity index (χ2n) is 6.19. The van der Waals surface area contributed by atoms with Gasteiger partial charge in [-0.3, -0.25) is 9.80 Å². The van der Waals surface area contributed by atoms with E-state index in [1.54, 1.807) is 12.1 Å². The van der Waals surface area contributed by atoms with Crippen molar-refractivity contribution in [1.82, 2.24) is 9.80 Å². The quantitative estimate of drug-likeness (QED) is 0.835. The highest BCUT2D eigenvalue weighted by Gasteiger charge is 2.39. The van der Waals surface area contributed by atoms with Crippen LogP contribution >= 0.6 is 0 Å². The van der Waals surface area contributed by atoms with E-state index in [9.17, 15) is 9.90 Å². The van der Waals surface area contributed by atoms with Gasteiger partial charge in [0.2, 0.25) is 0 Å². The highest BCUT2D eigenvalue weighted by Crippen LogP contribution is 2.28. The number of benzene rings is 1. The van der Waals surface area contributed by atoms with Crippen LogP contribution in [0.1, 0.15) is 18.4 Å². The minimum Gasteiger partial charge on any atom is -0.480 e. The lowest BCUT2D eigenvalue weighted by atomic mass is 9.90. The maximum atomic E-state index is 11.7. The van der Waals surface area contributed by atoms with E-state index in [2.05, 4.69) is 9.80 Å². The van der Waals surface area contributed by atoms with E-state index in [0.717, 1.165) is 32.2 Å². The van der Waals surface area contributed by atoms with Gasteiger partial charge in [0.1, 0.15) is 0 Å². The summed E-state index contributed by atoms with van der Waals surface area (Å²) in [5.74, 6) is -0.960. The van der Waals surface area contributed by atoms with Gasteiger partial charge in [0.15, 0.2) is 5.54 Å². The fourth-order valence-electron chi connectivity index (χ4n) is 3.10. The Morgan fingerprint density at radius 3 is 2.33 bits per heavy atom. The summed E-state index contributed by atoms with van der Waals surface area (Å²) < 4.78 is 0. The van der Waals surface area contributed by atoms with Gasteiger partial charge >= 0.3 is 5.97 Å². The Morgan fingerprint density at radius 2 is 1.81 bits per heavy atom. The van der Waals surface area contributed by atoms with Crippen molar-refractivity contribution in [2.24, 2.45) is 5.73 Å². The van der Waals surface area contributed by atoms with Crippen molar-refractivity contribution in [2.45, 2.75) is 24.4 Å². The minimum atomic E-state index is -1.33. The lowest BCUT2D eigenvalue weighted by molar-refractivity contribution is -0.144. The van der Waals surface area contributed by atoms with Gasteiger partial charge in [0, 0.05) is 38.8 Å². The summed E-state index contributed by atoms with van der Waals surface area (Å²) in [6.07, 6.45) is 2.64. The van der Waals surface area contributed by atoms with Crippen LogP contribution in [0, 0.1) is 0 Å².